The van der Waals surface area contributed by atoms with Crippen LogP contribution in [0.25, 0.3) is 0 Å². The van der Waals surface area contributed by atoms with Crippen molar-refractivity contribution in [2.45, 2.75) is 13.0 Å². The third-order valence-corrected chi connectivity index (χ3v) is 4.07. The average molecular weight is 321 g/mol. The van der Waals surface area contributed by atoms with Crippen LogP contribution in [0.2, 0.25) is 0 Å². The number of piperazine rings is 1. The summed E-state index contributed by atoms with van der Waals surface area (Å²) < 4.78 is 9.70. The molecule has 0 spiro atoms. The number of nitrogens with zero attached hydrogens (tertiary/aromatic N) is 2. The molecule has 1 N–H and O–H groups in total. The first-order valence-corrected chi connectivity index (χ1v) is 7.57. The molecule has 1 aromatic carbocycles. The molecular formula is C16H23N3O4. The average Bonchev–Trinajstić information content (AvgIpc) is 2.61. The molecule has 1 atom stereocenters. The maximum Gasteiger partial charge on any atom is 0.413 e. The quantitative estimate of drug-likeness (QED) is 0.895. The number of imide groups is 1. The number of benzene rings is 1. The monoisotopic (exact) mass is 321 g/mol. The lowest BCUT2D eigenvalue weighted by Gasteiger charge is -2.38. The molecule has 2 rings (SSSR count). The zero-order chi connectivity index (χ0) is 16.8. The van der Waals surface area contributed by atoms with Crippen molar-refractivity contribution in [2.75, 3.05) is 45.3 Å². The largest absolute Gasteiger partial charge is 0.497 e. The van der Waals surface area contributed by atoms with E-state index in [1.165, 1.54) is 7.11 Å². The summed E-state index contributed by atoms with van der Waals surface area (Å²) in [4.78, 5) is 27.4. The molecule has 7 nitrogen and oxygen atoms in total. The second-order valence-corrected chi connectivity index (χ2v) is 5.38. The van der Waals surface area contributed by atoms with E-state index in [0.717, 1.165) is 37.6 Å². The molecule has 1 heterocycles. The van der Waals surface area contributed by atoms with Gasteiger partial charge in [0, 0.05) is 37.9 Å². The summed E-state index contributed by atoms with van der Waals surface area (Å²) in [5, 5.41) is 2.21. The molecule has 0 bridgehead atoms. The summed E-state index contributed by atoms with van der Waals surface area (Å²) in [6.45, 7) is 4.89. The van der Waals surface area contributed by atoms with Crippen molar-refractivity contribution < 1.29 is 19.1 Å². The van der Waals surface area contributed by atoms with Gasteiger partial charge in [0.05, 0.1) is 20.3 Å². The molecule has 126 valence electrons. The Kier molecular flexibility index (Phi) is 5.81. The summed E-state index contributed by atoms with van der Waals surface area (Å²) in [7, 11) is 2.89. The molecule has 1 aliphatic rings. The Labute approximate surface area is 136 Å². The number of alkyl carbamates (subject to hydrolysis) is 1. The highest BCUT2D eigenvalue weighted by atomic mass is 16.5. The van der Waals surface area contributed by atoms with Crippen molar-refractivity contribution >= 4 is 17.7 Å². The number of methoxy groups -OCH3 is 2. The molecule has 1 aromatic rings. The van der Waals surface area contributed by atoms with Crippen LogP contribution in [0.4, 0.5) is 10.5 Å². The molecule has 1 fully saturated rings. The van der Waals surface area contributed by atoms with Crippen molar-refractivity contribution in [1.82, 2.24) is 10.2 Å². The van der Waals surface area contributed by atoms with Gasteiger partial charge in [0.15, 0.2) is 0 Å². The molecule has 0 unspecified atom stereocenters. The summed E-state index contributed by atoms with van der Waals surface area (Å²) in [5.41, 5.74) is 1.11. The van der Waals surface area contributed by atoms with Crippen LogP contribution >= 0.6 is 0 Å². The van der Waals surface area contributed by atoms with Crippen LogP contribution in [0.15, 0.2) is 24.3 Å². The minimum absolute atomic E-state index is 0.341. The lowest BCUT2D eigenvalue weighted by atomic mass is 10.2. The first-order chi connectivity index (χ1) is 11.0. The third-order valence-electron chi connectivity index (χ3n) is 4.07. The minimum atomic E-state index is -0.725. The number of carbonyl (C=O) groups excluding carboxylic acids is 2. The number of rotatable bonds is 4. The molecule has 2 amide bonds. The number of ether oxygens (including phenoxy) is 2. The van der Waals surface area contributed by atoms with E-state index in [9.17, 15) is 9.59 Å². The first kappa shape index (κ1) is 17.1. The van der Waals surface area contributed by atoms with Gasteiger partial charge in [-0.05, 0) is 19.1 Å². The van der Waals surface area contributed by atoms with Crippen LogP contribution in [0, 0.1) is 0 Å². The summed E-state index contributed by atoms with van der Waals surface area (Å²) in [6.07, 6.45) is -0.725. The van der Waals surface area contributed by atoms with E-state index in [-0.39, 0.29) is 11.9 Å². The van der Waals surface area contributed by atoms with Crippen LogP contribution in [0.1, 0.15) is 6.92 Å². The number of amides is 2. The van der Waals surface area contributed by atoms with Crippen LogP contribution in [0.3, 0.4) is 0 Å². The van der Waals surface area contributed by atoms with Crippen molar-refractivity contribution in [1.29, 1.82) is 0 Å². The normalized spacial score (nSPS) is 16.6. The van der Waals surface area contributed by atoms with Gasteiger partial charge >= 0.3 is 6.09 Å². The second kappa shape index (κ2) is 7.82. The Hall–Kier alpha value is -2.28. The molecule has 23 heavy (non-hydrogen) atoms. The standard InChI is InChI=1S/C16H23N3O4/c1-12(15(20)17-16(21)23-3)18-7-9-19(10-8-18)13-5-4-6-14(11-13)22-2/h4-6,11-12H,7-10H2,1-3H3,(H,17,20,21)/t12-/m1/s1. The SMILES string of the molecule is COC(=O)NC(=O)[C@@H](C)N1CCN(c2cccc(OC)c2)CC1. The number of nitrogens with one attached hydrogen (secondary N) is 1. The Morgan fingerprint density at radius 2 is 1.87 bits per heavy atom. The minimum Gasteiger partial charge on any atom is -0.497 e. The fraction of sp³-hybridized carbons (Fsp3) is 0.500. The Morgan fingerprint density at radius 1 is 1.17 bits per heavy atom. The topological polar surface area (TPSA) is 71.1 Å². The van der Waals surface area contributed by atoms with Crippen molar-refractivity contribution in [3.63, 3.8) is 0 Å². The summed E-state index contributed by atoms with van der Waals surface area (Å²) in [5.74, 6) is 0.488. The van der Waals surface area contributed by atoms with Crippen molar-refractivity contribution in [3.05, 3.63) is 24.3 Å². The molecule has 1 aliphatic heterocycles. The van der Waals surface area contributed by atoms with Gasteiger partial charge in [0.25, 0.3) is 0 Å². The highest BCUT2D eigenvalue weighted by Crippen LogP contribution is 2.22. The predicted octanol–water partition coefficient (Wildman–Crippen LogP) is 1.09. The first-order valence-electron chi connectivity index (χ1n) is 7.57. The lowest BCUT2D eigenvalue weighted by molar-refractivity contribution is -0.125. The Morgan fingerprint density at radius 3 is 2.48 bits per heavy atom. The van der Waals surface area contributed by atoms with Gasteiger partial charge in [-0.3, -0.25) is 15.0 Å². The number of hydrogen-bond acceptors (Lipinski definition) is 6. The van der Waals surface area contributed by atoms with E-state index in [0.29, 0.717) is 0 Å². The Balaban J connectivity index is 1.90. The van der Waals surface area contributed by atoms with E-state index in [1.54, 1.807) is 14.0 Å². The highest BCUT2D eigenvalue weighted by Gasteiger charge is 2.26. The summed E-state index contributed by atoms with van der Waals surface area (Å²) >= 11 is 0. The van der Waals surface area contributed by atoms with Gasteiger partial charge in [-0.1, -0.05) is 6.07 Å². The molecule has 7 heteroatoms. The van der Waals surface area contributed by atoms with E-state index in [4.69, 9.17) is 4.74 Å². The van der Waals surface area contributed by atoms with Gasteiger partial charge in [0.2, 0.25) is 5.91 Å². The van der Waals surface area contributed by atoms with Gasteiger partial charge in [-0.2, -0.15) is 0 Å². The molecule has 0 aromatic heterocycles. The van der Waals surface area contributed by atoms with E-state index >= 15 is 0 Å². The van der Waals surface area contributed by atoms with Crippen LogP contribution in [-0.2, 0) is 9.53 Å². The van der Waals surface area contributed by atoms with Crippen LogP contribution in [0.5, 0.6) is 5.75 Å². The molecule has 0 saturated carbocycles. The lowest BCUT2D eigenvalue weighted by Crippen LogP contribution is -2.54. The smallest absolute Gasteiger partial charge is 0.413 e. The zero-order valence-electron chi connectivity index (χ0n) is 13.7. The zero-order valence-corrected chi connectivity index (χ0v) is 13.7. The van der Waals surface area contributed by atoms with Gasteiger partial charge in [-0.25, -0.2) is 4.79 Å². The van der Waals surface area contributed by atoms with E-state index in [2.05, 4.69) is 19.9 Å². The van der Waals surface area contributed by atoms with Crippen molar-refractivity contribution in [2.24, 2.45) is 0 Å². The number of hydrogen-bond donors (Lipinski definition) is 1. The van der Waals surface area contributed by atoms with Gasteiger partial charge in [-0.15, -0.1) is 0 Å². The van der Waals surface area contributed by atoms with E-state index in [1.807, 2.05) is 24.3 Å². The fourth-order valence-corrected chi connectivity index (χ4v) is 2.60. The van der Waals surface area contributed by atoms with Crippen molar-refractivity contribution in [3.8, 4) is 5.75 Å². The highest BCUT2D eigenvalue weighted by molar-refractivity contribution is 5.94. The molecular weight excluding hydrogens is 298 g/mol. The number of anilines is 1. The second-order valence-electron chi connectivity index (χ2n) is 5.38. The van der Waals surface area contributed by atoms with Crippen LogP contribution in [-0.4, -0.2) is 63.3 Å². The maximum atomic E-state index is 12.0. The maximum absolute atomic E-state index is 12.0. The predicted molar refractivity (Wildman–Crippen MR) is 86.8 cm³/mol. The van der Waals surface area contributed by atoms with E-state index < -0.39 is 6.09 Å². The molecule has 0 radical (unpaired) electrons. The third kappa shape index (κ3) is 4.35. The molecule has 0 aliphatic carbocycles. The number of carbonyl (C=O) groups is 2. The Bertz CT molecular complexity index is 556. The van der Waals surface area contributed by atoms with Gasteiger partial charge in [0.1, 0.15) is 5.75 Å². The van der Waals surface area contributed by atoms with Crippen LogP contribution < -0.4 is 15.0 Å². The summed E-state index contributed by atoms with van der Waals surface area (Å²) in [6, 6.07) is 7.56. The van der Waals surface area contributed by atoms with Gasteiger partial charge < -0.3 is 14.4 Å². The fourth-order valence-electron chi connectivity index (χ4n) is 2.60. The molecule has 1 saturated heterocycles.